The number of anilines is 1. The fourth-order valence-corrected chi connectivity index (χ4v) is 0.420. The molecule has 0 aromatic carbocycles. The summed E-state index contributed by atoms with van der Waals surface area (Å²) in [5, 5.41) is 0. The first-order chi connectivity index (χ1) is 3.43. The second-order valence-electron chi connectivity index (χ2n) is 1.03. The highest BCUT2D eigenvalue weighted by Gasteiger charge is 1.82. The molecule has 38 valence electrons. The molecule has 0 spiro atoms. The maximum atomic E-state index is 5.12. The highest BCUT2D eigenvalue weighted by molar-refractivity contribution is 6.23. The zero-order valence-corrected chi connectivity index (χ0v) is 4.24. The monoisotopic (exact) mass is 117 g/mol. The lowest BCUT2D eigenvalue weighted by Gasteiger charge is -1.82. The van der Waals surface area contributed by atoms with Crippen molar-refractivity contribution in [2.45, 2.75) is 0 Å². The smallest absolute Gasteiger partial charge is 0.214 e. The Morgan fingerprint density at radius 2 is 2.71 bits per heavy atom. The normalized spacial score (nSPS) is 8.71. The fourth-order valence-electron chi connectivity index (χ4n) is 0.317. The predicted octanol–water partition coefficient (Wildman–Crippen LogP) is 0.975. The Morgan fingerprint density at radius 1 is 1.86 bits per heavy atom. The van der Waals surface area contributed by atoms with E-state index in [9.17, 15) is 0 Å². The first-order valence-electron chi connectivity index (χ1n) is 1.79. The van der Waals surface area contributed by atoms with Gasteiger partial charge in [0.15, 0.2) is 0 Å². The molecule has 0 bridgehead atoms. The lowest BCUT2D eigenvalue weighted by molar-refractivity contribution is 1.32. The Hall–Kier alpha value is -0.700. The van der Waals surface area contributed by atoms with E-state index in [2.05, 4.69) is 14.8 Å². The van der Waals surface area contributed by atoms with Crippen LogP contribution in [0.3, 0.4) is 0 Å². The van der Waals surface area contributed by atoms with Crippen LogP contribution in [0, 0.1) is 0 Å². The van der Waals surface area contributed by atoms with E-state index >= 15 is 0 Å². The molecule has 1 heterocycles. The van der Waals surface area contributed by atoms with Gasteiger partial charge in [-0.1, -0.05) is 0 Å². The summed E-state index contributed by atoms with van der Waals surface area (Å²) in [5.41, 5.74) is 0. The predicted molar refractivity (Wildman–Crippen MR) is 28.1 cm³/mol. The maximum Gasteiger partial charge on any atom is 0.214 e. The summed E-state index contributed by atoms with van der Waals surface area (Å²) in [5.74, 6) is 0.571. The quantitative estimate of drug-likeness (QED) is 0.539. The molecule has 2 N–H and O–H groups in total. The summed E-state index contributed by atoms with van der Waals surface area (Å²) in [4.78, 5) is 8.78. The highest BCUT2D eigenvalue weighted by atomic mass is 35.5. The van der Waals surface area contributed by atoms with Gasteiger partial charge in [0.2, 0.25) is 5.95 Å². The molecule has 0 aliphatic heterocycles. The van der Waals surface area contributed by atoms with Gasteiger partial charge in [-0.05, 0) is 0 Å². The summed E-state index contributed by atoms with van der Waals surface area (Å²) in [6.45, 7) is 0. The minimum absolute atomic E-state index is 0.571. The van der Waals surface area contributed by atoms with Gasteiger partial charge in [0.25, 0.3) is 0 Å². The van der Waals surface area contributed by atoms with E-state index in [1.165, 1.54) is 0 Å². The molecule has 0 fully saturated rings. The Kier molecular flexibility index (Phi) is 1.17. The molecule has 0 amide bonds. The van der Waals surface area contributed by atoms with Gasteiger partial charge in [0.05, 0.1) is 0 Å². The largest absolute Gasteiger partial charge is 0.330 e. The summed E-state index contributed by atoms with van der Waals surface area (Å²) >= 11 is 5.12. The van der Waals surface area contributed by atoms with Gasteiger partial charge >= 0.3 is 0 Å². The average Bonchev–Trinajstić information content (AvgIpc) is 2.14. The Morgan fingerprint density at radius 3 is 3.00 bits per heavy atom. The standard InChI is InChI=1S/C3H4ClN3/c4-7-3-5-1-2-6-3/h1-2H,(H2,5,6,7). The number of aromatic nitrogens is 2. The molecule has 7 heavy (non-hydrogen) atoms. The number of aromatic amines is 1. The van der Waals surface area contributed by atoms with Crippen molar-refractivity contribution in [1.82, 2.24) is 9.97 Å². The van der Waals surface area contributed by atoms with E-state index in [-0.39, 0.29) is 0 Å². The molecule has 0 unspecified atom stereocenters. The summed E-state index contributed by atoms with van der Waals surface area (Å²) in [7, 11) is 0. The summed E-state index contributed by atoms with van der Waals surface area (Å²) in [6, 6.07) is 0. The zero-order chi connectivity index (χ0) is 5.11. The maximum absolute atomic E-state index is 5.12. The second-order valence-corrected chi connectivity index (χ2v) is 1.22. The molecular formula is C3H4ClN3. The first-order valence-corrected chi connectivity index (χ1v) is 2.17. The van der Waals surface area contributed by atoms with Crippen LogP contribution in [0.15, 0.2) is 12.4 Å². The van der Waals surface area contributed by atoms with Gasteiger partial charge in [-0.15, -0.1) is 0 Å². The van der Waals surface area contributed by atoms with Crippen molar-refractivity contribution >= 4 is 17.7 Å². The van der Waals surface area contributed by atoms with Gasteiger partial charge in [-0.3, -0.25) is 4.84 Å². The SMILES string of the molecule is ClNc1ncc[nH]1. The molecule has 4 heteroatoms. The third kappa shape index (κ3) is 0.838. The molecule has 3 nitrogen and oxygen atoms in total. The van der Waals surface area contributed by atoms with Crippen LogP contribution < -0.4 is 4.84 Å². The minimum atomic E-state index is 0.571. The molecule has 1 aromatic heterocycles. The third-order valence-electron chi connectivity index (χ3n) is 0.588. The molecule has 0 aliphatic rings. The first kappa shape index (κ1) is 4.46. The van der Waals surface area contributed by atoms with Gasteiger partial charge in [-0.2, -0.15) is 0 Å². The average molecular weight is 118 g/mol. The van der Waals surface area contributed by atoms with Crippen LogP contribution in [0.4, 0.5) is 5.95 Å². The van der Waals surface area contributed by atoms with Gasteiger partial charge in [0.1, 0.15) is 0 Å². The van der Waals surface area contributed by atoms with Crippen molar-refractivity contribution in [1.29, 1.82) is 0 Å². The Balaban J connectivity index is 2.76. The van der Waals surface area contributed by atoms with E-state index in [4.69, 9.17) is 11.8 Å². The second kappa shape index (κ2) is 1.84. The van der Waals surface area contributed by atoms with Crippen LogP contribution in [0.5, 0.6) is 0 Å². The van der Waals surface area contributed by atoms with Crippen molar-refractivity contribution in [2.24, 2.45) is 0 Å². The van der Waals surface area contributed by atoms with Crippen LogP contribution in [0.25, 0.3) is 0 Å². The van der Waals surface area contributed by atoms with Gasteiger partial charge in [0, 0.05) is 24.2 Å². The third-order valence-corrected chi connectivity index (χ3v) is 0.767. The number of H-pyrrole nitrogens is 1. The number of hydrogen-bond acceptors (Lipinski definition) is 2. The highest BCUT2D eigenvalue weighted by Crippen LogP contribution is 1.93. The number of rotatable bonds is 1. The topological polar surface area (TPSA) is 40.7 Å². The molecule has 0 aliphatic carbocycles. The summed E-state index contributed by atoms with van der Waals surface area (Å²) in [6.07, 6.45) is 3.30. The molecule has 0 saturated heterocycles. The lowest BCUT2D eigenvalue weighted by Crippen LogP contribution is -1.79. The number of imidazole rings is 1. The van der Waals surface area contributed by atoms with E-state index in [0.29, 0.717) is 5.95 Å². The minimum Gasteiger partial charge on any atom is -0.330 e. The van der Waals surface area contributed by atoms with E-state index in [1.807, 2.05) is 0 Å². The van der Waals surface area contributed by atoms with E-state index in [1.54, 1.807) is 12.4 Å². The number of nitrogens with zero attached hydrogens (tertiary/aromatic N) is 1. The molecule has 0 radical (unpaired) electrons. The zero-order valence-electron chi connectivity index (χ0n) is 3.48. The van der Waals surface area contributed by atoms with Crippen LogP contribution >= 0.6 is 11.8 Å². The molecule has 1 aromatic rings. The summed E-state index contributed by atoms with van der Waals surface area (Å²) < 4.78 is 0. The van der Waals surface area contributed by atoms with Crippen molar-refractivity contribution in [3.05, 3.63) is 12.4 Å². The number of nitrogens with one attached hydrogen (secondary N) is 2. The van der Waals surface area contributed by atoms with Crippen LogP contribution in [0.2, 0.25) is 0 Å². The van der Waals surface area contributed by atoms with Gasteiger partial charge in [-0.25, -0.2) is 4.98 Å². The molecule has 0 saturated carbocycles. The van der Waals surface area contributed by atoms with Gasteiger partial charge < -0.3 is 4.98 Å². The van der Waals surface area contributed by atoms with Crippen molar-refractivity contribution in [3.63, 3.8) is 0 Å². The lowest BCUT2D eigenvalue weighted by atomic mass is 11.0. The molecule has 0 atom stereocenters. The number of halogens is 1. The molecular weight excluding hydrogens is 114 g/mol. The molecule has 1 rings (SSSR count). The Bertz CT molecular complexity index is 125. The van der Waals surface area contributed by atoms with Crippen LogP contribution in [-0.4, -0.2) is 9.97 Å². The fraction of sp³-hybridized carbons (Fsp3) is 0. The van der Waals surface area contributed by atoms with Crippen molar-refractivity contribution in [2.75, 3.05) is 4.84 Å². The Labute approximate surface area is 45.8 Å². The van der Waals surface area contributed by atoms with Crippen LogP contribution in [-0.2, 0) is 0 Å². The van der Waals surface area contributed by atoms with Crippen molar-refractivity contribution < 1.29 is 0 Å². The van der Waals surface area contributed by atoms with E-state index in [0.717, 1.165) is 0 Å². The van der Waals surface area contributed by atoms with E-state index < -0.39 is 0 Å². The number of hydrogen-bond donors (Lipinski definition) is 2. The van der Waals surface area contributed by atoms with Crippen LogP contribution in [0.1, 0.15) is 0 Å². The van der Waals surface area contributed by atoms with Crippen molar-refractivity contribution in [3.8, 4) is 0 Å².